The number of phenols is 1. The van der Waals surface area contributed by atoms with Crippen LogP contribution in [0.15, 0.2) is 36.4 Å². The summed E-state index contributed by atoms with van der Waals surface area (Å²) in [5.41, 5.74) is 1.57. The monoisotopic (exact) mass is 341 g/mol. The minimum absolute atomic E-state index is 0.124. The molecule has 0 heterocycles. The Labute approximate surface area is 138 Å². The summed E-state index contributed by atoms with van der Waals surface area (Å²) in [4.78, 5) is 1.89. The summed E-state index contributed by atoms with van der Waals surface area (Å²) >= 11 is 0. The highest BCUT2D eigenvalue weighted by Crippen LogP contribution is 2.41. The van der Waals surface area contributed by atoms with Crippen molar-refractivity contribution in [2.45, 2.75) is 12.9 Å². The molecule has 7 heteroatoms. The van der Waals surface area contributed by atoms with E-state index in [2.05, 4.69) is 4.74 Å². The first-order valence-corrected chi connectivity index (χ1v) is 7.11. The Morgan fingerprint density at radius 1 is 1.12 bits per heavy atom. The van der Waals surface area contributed by atoms with Gasteiger partial charge in [0, 0.05) is 12.1 Å². The molecular weight excluding hydrogens is 323 g/mol. The molecule has 0 bridgehead atoms. The summed E-state index contributed by atoms with van der Waals surface area (Å²) in [5.74, 6) is -0.228. The number of hydrogen-bond donors (Lipinski definition) is 1. The van der Waals surface area contributed by atoms with Gasteiger partial charge in [0.25, 0.3) is 0 Å². The largest absolute Gasteiger partial charge is 0.573 e. The fraction of sp³-hybridized carbons (Fsp3) is 0.294. The van der Waals surface area contributed by atoms with Crippen LogP contribution in [0, 0.1) is 0 Å². The van der Waals surface area contributed by atoms with E-state index in [4.69, 9.17) is 4.74 Å². The van der Waals surface area contributed by atoms with Gasteiger partial charge in [0.05, 0.1) is 7.11 Å². The van der Waals surface area contributed by atoms with Gasteiger partial charge in [-0.05, 0) is 43.4 Å². The first kappa shape index (κ1) is 17.9. The van der Waals surface area contributed by atoms with E-state index in [0.29, 0.717) is 17.7 Å². The molecule has 0 aliphatic heterocycles. The van der Waals surface area contributed by atoms with Gasteiger partial charge in [0.15, 0.2) is 11.5 Å². The summed E-state index contributed by atoms with van der Waals surface area (Å²) in [6.07, 6.45) is -4.78. The average Bonchev–Trinajstić information content (AvgIpc) is 2.45. The number of nitrogens with zero attached hydrogens (tertiary/aromatic N) is 1. The smallest absolute Gasteiger partial charge is 0.504 e. The van der Waals surface area contributed by atoms with Crippen LogP contribution in [-0.4, -0.2) is 37.6 Å². The molecule has 0 atom stereocenters. The second kappa shape index (κ2) is 7.00. The van der Waals surface area contributed by atoms with Crippen LogP contribution < -0.4 is 9.47 Å². The van der Waals surface area contributed by atoms with E-state index >= 15 is 0 Å². The van der Waals surface area contributed by atoms with Crippen LogP contribution in [-0.2, 0) is 6.54 Å². The van der Waals surface area contributed by atoms with Crippen molar-refractivity contribution in [2.75, 3.05) is 21.2 Å². The summed E-state index contributed by atoms with van der Waals surface area (Å²) in [7, 11) is 5.12. The van der Waals surface area contributed by atoms with Crippen LogP contribution in [0.2, 0.25) is 0 Å². The maximum absolute atomic E-state index is 12.4. The van der Waals surface area contributed by atoms with Crippen molar-refractivity contribution < 1.29 is 27.8 Å². The third-order valence-electron chi connectivity index (χ3n) is 3.29. The fourth-order valence-electron chi connectivity index (χ4n) is 2.42. The minimum atomic E-state index is -4.78. The normalized spacial score (nSPS) is 11.6. The number of phenolic OH excluding ortho intramolecular Hbond substituents is 1. The molecule has 0 amide bonds. The topological polar surface area (TPSA) is 41.9 Å². The average molecular weight is 341 g/mol. The molecule has 130 valence electrons. The highest BCUT2D eigenvalue weighted by Gasteiger charge is 2.31. The second-order valence-electron chi connectivity index (χ2n) is 5.46. The molecule has 0 aliphatic carbocycles. The number of ether oxygens (including phenoxy) is 2. The quantitative estimate of drug-likeness (QED) is 0.892. The number of aromatic hydroxyl groups is 1. The van der Waals surface area contributed by atoms with Gasteiger partial charge in [-0.1, -0.05) is 18.2 Å². The molecule has 0 radical (unpaired) electrons. The lowest BCUT2D eigenvalue weighted by Crippen LogP contribution is -2.17. The Balaban J connectivity index is 2.55. The number of hydrogen-bond acceptors (Lipinski definition) is 4. The van der Waals surface area contributed by atoms with Crippen LogP contribution in [0.1, 0.15) is 5.56 Å². The van der Waals surface area contributed by atoms with Crippen molar-refractivity contribution in [2.24, 2.45) is 0 Å². The number of halogens is 3. The molecule has 0 spiro atoms. The number of rotatable bonds is 5. The lowest BCUT2D eigenvalue weighted by atomic mass is 9.97. The highest BCUT2D eigenvalue weighted by molar-refractivity contribution is 5.77. The number of benzene rings is 2. The zero-order chi connectivity index (χ0) is 17.9. The Kier molecular flexibility index (Phi) is 5.23. The molecule has 2 rings (SSSR count). The Bertz CT molecular complexity index is 715. The van der Waals surface area contributed by atoms with E-state index < -0.39 is 6.36 Å². The SMILES string of the molecule is COc1ccc(CN(C)C)c(-c2cccc(OC(F)(F)F)c2)c1O. The molecule has 2 aromatic rings. The van der Waals surface area contributed by atoms with Gasteiger partial charge >= 0.3 is 6.36 Å². The van der Waals surface area contributed by atoms with Gasteiger partial charge in [-0.2, -0.15) is 0 Å². The molecule has 0 unspecified atom stereocenters. The van der Waals surface area contributed by atoms with E-state index in [1.165, 1.54) is 25.3 Å². The maximum atomic E-state index is 12.4. The summed E-state index contributed by atoms with van der Waals surface area (Å²) in [6, 6.07) is 8.88. The zero-order valence-corrected chi connectivity index (χ0v) is 13.5. The van der Waals surface area contributed by atoms with Gasteiger partial charge in [-0.25, -0.2) is 0 Å². The van der Waals surface area contributed by atoms with Gasteiger partial charge in [-0.3, -0.25) is 0 Å². The van der Waals surface area contributed by atoms with Crippen LogP contribution in [0.5, 0.6) is 17.2 Å². The molecule has 1 N–H and O–H groups in total. The van der Waals surface area contributed by atoms with Crippen LogP contribution in [0.4, 0.5) is 13.2 Å². The first-order chi connectivity index (χ1) is 11.2. The molecule has 4 nitrogen and oxygen atoms in total. The highest BCUT2D eigenvalue weighted by atomic mass is 19.4. The van der Waals surface area contributed by atoms with E-state index in [1.54, 1.807) is 18.2 Å². The third kappa shape index (κ3) is 4.32. The molecule has 0 fully saturated rings. The predicted molar refractivity (Wildman–Crippen MR) is 84.2 cm³/mol. The van der Waals surface area contributed by atoms with E-state index in [0.717, 1.165) is 5.56 Å². The number of alkyl halides is 3. The van der Waals surface area contributed by atoms with Gasteiger partial charge in [-0.15, -0.1) is 13.2 Å². The van der Waals surface area contributed by atoms with Crippen molar-refractivity contribution in [3.63, 3.8) is 0 Å². The minimum Gasteiger partial charge on any atom is -0.504 e. The van der Waals surface area contributed by atoms with Gasteiger partial charge in [0.2, 0.25) is 0 Å². The van der Waals surface area contributed by atoms with Crippen molar-refractivity contribution in [1.82, 2.24) is 4.90 Å². The van der Waals surface area contributed by atoms with Crippen molar-refractivity contribution in [3.05, 3.63) is 42.0 Å². The number of methoxy groups -OCH3 is 1. The fourth-order valence-corrected chi connectivity index (χ4v) is 2.42. The summed E-state index contributed by atoms with van der Waals surface area (Å²) in [5, 5.41) is 10.5. The lowest BCUT2D eigenvalue weighted by molar-refractivity contribution is -0.274. The molecular formula is C17H18F3NO3. The zero-order valence-electron chi connectivity index (χ0n) is 13.5. The molecule has 2 aromatic carbocycles. The Hall–Kier alpha value is -2.41. The predicted octanol–water partition coefficient (Wildman–Crippen LogP) is 4.03. The van der Waals surface area contributed by atoms with Crippen LogP contribution in [0.3, 0.4) is 0 Å². The summed E-state index contributed by atoms with van der Waals surface area (Å²) < 4.78 is 46.3. The Morgan fingerprint density at radius 3 is 2.42 bits per heavy atom. The molecule has 24 heavy (non-hydrogen) atoms. The van der Waals surface area contributed by atoms with E-state index in [9.17, 15) is 18.3 Å². The van der Waals surface area contributed by atoms with Crippen LogP contribution >= 0.6 is 0 Å². The lowest BCUT2D eigenvalue weighted by Gasteiger charge is -2.18. The van der Waals surface area contributed by atoms with Gasteiger partial charge in [0.1, 0.15) is 5.75 Å². The molecule has 0 aliphatic rings. The van der Waals surface area contributed by atoms with Crippen molar-refractivity contribution in [3.8, 4) is 28.4 Å². The van der Waals surface area contributed by atoms with Gasteiger partial charge < -0.3 is 19.5 Å². The van der Waals surface area contributed by atoms with Crippen molar-refractivity contribution in [1.29, 1.82) is 0 Å². The summed E-state index contributed by atoms with van der Waals surface area (Å²) in [6.45, 7) is 0.497. The molecule has 0 saturated heterocycles. The molecule has 0 aromatic heterocycles. The second-order valence-corrected chi connectivity index (χ2v) is 5.46. The Morgan fingerprint density at radius 2 is 1.83 bits per heavy atom. The first-order valence-electron chi connectivity index (χ1n) is 7.11. The maximum Gasteiger partial charge on any atom is 0.573 e. The third-order valence-corrected chi connectivity index (χ3v) is 3.29. The molecule has 0 saturated carbocycles. The van der Waals surface area contributed by atoms with Crippen molar-refractivity contribution >= 4 is 0 Å². The standard InChI is InChI=1S/C17H18F3NO3/c1-21(2)10-12-7-8-14(23-3)16(22)15(12)11-5-4-6-13(9-11)24-17(18,19)20/h4-9,22H,10H2,1-3H3. The van der Waals surface area contributed by atoms with E-state index in [1.807, 2.05) is 19.0 Å². The van der Waals surface area contributed by atoms with Crippen LogP contribution in [0.25, 0.3) is 11.1 Å². The van der Waals surface area contributed by atoms with E-state index in [-0.39, 0.29) is 17.2 Å².